The van der Waals surface area contributed by atoms with Gasteiger partial charge >= 0.3 is 0 Å². The lowest BCUT2D eigenvalue weighted by Gasteiger charge is -2.34. The predicted octanol–water partition coefficient (Wildman–Crippen LogP) is 2.07. The minimum absolute atomic E-state index is 0.0109. The molecule has 2 rings (SSSR count). The van der Waals surface area contributed by atoms with Crippen LogP contribution < -0.4 is 0 Å². The molecular weight excluding hydrogens is 340 g/mol. The summed E-state index contributed by atoms with van der Waals surface area (Å²) in [6, 6.07) is 7.16. The van der Waals surface area contributed by atoms with Crippen LogP contribution in [0.4, 0.5) is 0 Å². The van der Waals surface area contributed by atoms with Crippen molar-refractivity contribution >= 4 is 15.9 Å². The van der Waals surface area contributed by atoms with Crippen LogP contribution in [0, 0.1) is 0 Å². The fourth-order valence-electron chi connectivity index (χ4n) is 2.88. The molecule has 25 heavy (non-hydrogen) atoms. The van der Waals surface area contributed by atoms with Crippen molar-refractivity contribution in [3.63, 3.8) is 0 Å². The van der Waals surface area contributed by atoms with Gasteiger partial charge in [-0.2, -0.15) is 4.31 Å². The van der Waals surface area contributed by atoms with Crippen molar-refractivity contribution < 1.29 is 17.9 Å². The number of carbonyl (C=O) groups is 1. The van der Waals surface area contributed by atoms with E-state index in [-0.39, 0.29) is 5.91 Å². The van der Waals surface area contributed by atoms with Gasteiger partial charge in [0, 0.05) is 33.3 Å². The first-order chi connectivity index (χ1) is 11.9. The molecule has 1 heterocycles. The van der Waals surface area contributed by atoms with Gasteiger partial charge in [-0.25, -0.2) is 8.42 Å². The number of benzene rings is 1. The van der Waals surface area contributed by atoms with Crippen molar-refractivity contribution in [2.75, 3.05) is 39.9 Å². The summed E-state index contributed by atoms with van der Waals surface area (Å²) in [6.07, 6.45) is 1.35. The topological polar surface area (TPSA) is 66.9 Å². The van der Waals surface area contributed by atoms with Gasteiger partial charge in [0.25, 0.3) is 0 Å². The molecule has 0 aliphatic carbocycles. The average Bonchev–Trinajstić information content (AvgIpc) is 2.65. The van der Waals surface area contributed by atoms with E-state index >= 15 is 0 Å². The van der Waals surface area contributed by atoms with Crippen LogP contribution in [-0.2, 0) is 19.6 Å². The second-order valence-corrected chi connectivity index (χ2v) is 8.34. The van der Waals surface area contributed by atoms with Gasteiger partial charge in [-0.05, 0) is 30.0 Å². The summed E-state index contributed by atoms with van der Waals surface area (Å²) in [7, 11) is -1.95. The van der Waals surface area contributed by atoms with Gasteiger partial charge in [-0.15, -0.1) is 0 Å². The third-order valence-electron chi connectivity index (χ3n) is 4.81. The third kappa shape index (κ3) is 4.80. The number of piperazine rings is 1. The van der Waals surface area contributed by atoms with E-state index < -0.39 is 10.0 Å². The van der Waals surface area contributed by atoms with E-state index in [0.29, 0.717) is 50.0 Å². The first-order valence-electron chi connectivity index (χ1n) is 8.77. The molecule has 0 aromatic heterocycles. The molecule has 1 saturated heterocycles. The zero-order chi connectivity index (χ0) is 18.4. The van der Waals surface area contributed by atoms with E-state index in [0.717, 1.165) is 12.0 Å². The third-order valence-corrected chi connectivity index (χ3v) is 6.72. The Kier molecular flexibility index (Phi) is 6.98. The molecule has 0 bridgehead atoms. The number of hydrogen-bond acceptors (Lipinski definition) is 4. The number of nitrogens with zero attached hydrogens (tertiary/aromatic N) is 2. The van der Waals surface area contributed by atoms with Crippen LogP contribution in [-0.4, -0.2) is 63.4 Å². The Morgan fingerprint density at radius 2 is 1.76 bits per heavy atom. The highest BCUT2D eigenvalue weighted by Gasteiger charge is 2.29. The van der Waals surface area contributed by atoms with E-state index in [1.165, 1.54) is 4.31 Å². The lowest BCUT2D eigenvalue weighted by atomic mass is 9.99. The SMILES string of the molecule is CCC(C)c1ccc(S(=O)(=O)N2CCN(C(=O)CCOC)CC2)cc1. The van der Waals surface area contributed by atoms with Crippen molar-refractivity contribution in [3.05, 3.63) is 29.8 Å². The molecule has 0 saturated carbocycles. The minimum Gasteiger partial charge on any atom is -0.384 e. The van der Waals surface area contributed by atoms with Crippen LogP contribution in [0.2, 0.25) is 0 Å². The highest BCUT2D eigenvalue weighted by Crippen LogP contribution is 2.23. The summed E-state index contributed by atoms with van der Waals surface area (Å²) in [5.74, 6) is 0.426. The Labute approximate surface area is 150 Å². The molecule has 0 radical (unpaired) electrons. The quantitative estimate of drug-likeness (QED) is 0.739. The Balaban J connectivity index is 2.00. The van der Waals surface area contributed by atoms with Crippen molar-refractivity contribution in [3.8, 4) is 0 Å². The highest BCUT2D eigenvalue weighted by molar-refractivity contribution is 7.89. The van der Waals surface area contributed by atoms with Crippen LogP contribution in [0.25, 0.3) is 0 Å². The van der Waals surface area contributed by atoms with Gasteiger partial charge in [0.05, 0.1) is 17.9 Å². The zero-order valence-electron chi connectivity index (χ0n) is 15.3. The molecule has 0 spiro atoms. The first-order valence-corrected chi connectivity index (χ1v) is 10.2. The second kappa shape index (κ2) is 8.78. The monoisotopic (exact) mass is 368 g/mol. The van der Waals surface area contributed by atoms with Gasteiger partial charge in [-0.1, -0.05) is 26.0 Å². The smallest absolute Gasteiger partial charge is 0.243 e. The Morgan fingerprint density at radius 3 is 2.28 bits per heavy atom. The molecule has 1 aliphatic heterocycles. The lowest BCUT2D eigenvalue weighted by Crippen LogP contribution is -2.50. The summed E-state index contributed by atoms with van der Waals surface area (Å²) in [5.41, 5.74) is 1.15. The maximum Gasteiger partial charge on any atom is 0.243 e. The normalized spacial score (nSPS) is 17.5. The van der Waals surface area contributed by atoms with Crippen LogP contribution in [0.5, 0.6) is 0 Å². The van der Waals surface area contributed by atoms with E-state index in [1.807, 2.05) is 12.1 Å². The fraction of sp³-hybridized carbons (Fsp3) is 0.611. The van der Waals surface area contributed by atoms with Gasteiger partial charge < -0.3 is 9.64 Å². The molecule has 1 amide bonds. The number of carbonyl (C=O) groups excluding carboxylic acids is 1. The van der Waals surface area contributed by atoms with Crippen LogP contribution in [0.15, 0.2) is 29.2 Å². The molecule has 0 N–H and O–H groups in total. The van der Waals surface area contributed by atoms with E-state index in [9.17, 15) is 13.2 Å². The fourth-order valence-corrected chi connectivity index (χ4v) is 4.30. The van der Waals surface area contributed by atoms with Gasteiger partial charge in [0.2, 0.25) is 15.9 Å². The molecule has 1 atom stereocenters. The maximum absolute atomic E-state index is 12.8. The Morgan fingerprint density at radius 1 is 1.16 bits per heavy atom. The lowest BCUT2D eigenvalue weighted by molar-refractivity contribution is -0.133. The molecular formula is C18H28N2O4S. The predicted molar refractivity (Wildman–Crippen MR) is 97.0 cm³/mol. The molecule has 1 aromatic rings. The summed E-state index contributed by atoms with van der Waals surface area (Å²) in [6.45, 7) is 6.13. The number of methoxy groups -OCH3 is 1. The summed E-state index contributed by atoms with van der Waals surface area (Å²) >= 11 is 0. The number of sulfonamides is 1. The minimum atomic E-state index is -3.51. The molecule has 7 heteroatoms. The van der Waals surface area contributed by atoms with Crippen molar-refractivity contribution in [2.24, 2.45) is 0 Å². The second-order valence-electron chi connectivity index (χ2n) is 6.41. The first kappa shape index (κ1) is 19.9. The van der Waals surface area contributed by atoms with E-state index in [2.05, 4.69) is 13.8 Å². The molecule has 1 fully saturated rings. The zero-order valence-corrected chi connectivity index (χ0v) is 16.1. The van der Waals surface area contributed by atoms with Crippen molar-refractivity contribution in [1.29, 1.82) is 0 Å². The largest absolute Gasteiger partial charge is 0.384 e. The number of rotatable bonds is 7. The van der Waals surface area contributed by atoms with Gasteiger partial charge in [0.15, 0.2) is 0 Å². The standard InChI is InChI=1S/C18H28N2O4S/c1-4-15(2)16-5-7-17(8-6-16)25(22,23)20-12-10-19(11-13-20)18(21)9-14-24-3/h5-8,15H,4,9-14H2,1-3H3. The van der Waals surface area contributed by atoms with Crippen LogP contribution in [0.3, 0.4) is 0 Å². The summed E-state index contributed by atoms with van der Waals surface area (Å²) in [5, 5.41) is 0. The summed E-state index contributed by atoms with van der Waals surface area (Å²) in [4.78, 5) is 14.0. The van der Waals surface area contributed by atoms with Gasteiger partial charge in [0.1, 0.15) is 0 Å². The van der Waals surface area contributed by atoms with Crippen molar-refractivity contribution in [1.82, 2.24) is 9.21 Å². The van der Waals surface area contributed by atoms with Gasteiger partial charge in [-0.3, -0.25) is 4.79 Å². The number of ether oxygens (including phenoxy) is 1. The molecule has 6 nitrogen and oxygen atoms in total. The molecule has 1 unspecified atom stereocenters. The molecule has 1 aromatic carbocycles. The number of amides is 1. The highest BCUT2D eigenvalue weighted by atomic mass is 32.2. The average molecular weight is 368 g/mol. The van der Waals surface area contributed by atoms with Crippen LogP contribution in [0.1, 0.15) is 38.2 Å². The van der Waals surface area contributed by atoms with E-state index in [1.54, 1.807) is 24.1 Å². The molecule has 140 valence electrons. The molecule has 1 aliphatic rings. The van der Waals surface area contributed by atoms with Crippen LogP contribution >= 0.6 is 0 Å². The number of hydrogen-bond donors (Lipinski definition) is 0. The van der Waals surface area contributed by atoms with E-state index in [4.69, 9.17) is 4.74 Å². The Hall–Kier alpha value is -1.44. The van der Waals surface area contributed by atoms with Crippen molar-refractivity contribution in [2.45, 2.75) is 37.5 Å². The Bertz CT molecular complexity index is 665. The maximum atomic E-state index is 12.8. The summed E-state index contributed by atoms with van der Waals surface area (Å²) < 4.78 is 32.0.